The lowest BCUT2D eigenvalue weighted by Crippen LogP contribution is -2.17. The number of carboxylic acid groups (broad SMARTS) is 1. The summed E-state index contributed by atoms with van der Waals surface area (Å²) in [6.45, 7) is 2.35. The standard InChI is InChI=1S/C18H17N3O3/c1-11-19-16-8-3-12(9-15(16)17(22)20-11)10-21(2)14-6-4-13(5-7-14)18(23)24/h3-9H,10H2,1-2H3,(H,23,24)(H,19,20,22). The van der Waals surface area contributed by atoms with E-state index in [-0.39, 0.29) is 11.1 Å². The number of nitrogens with one attached hydrogen (secondary N) is 1. The van der Waals surface area contributed by atoms with Gasteiger partial charge >= 0.3 is 5.97 Å². The zero-order chi connectivity index (χ0) is 17.3. The summed E-state index contributed by atoms with van der Waals surface area (Å²) in [5.74, 6) is -0.350. The van der Waals surface area contributed by atoms with Gasteiger partial charge in [0, 0.05) is 19.3 Å². The number of hydrogen-bond acceptors (Lipinski definition) is 4. The van der Waals surface area contributed by atoms with Crippen molar-refractivity contribution < 1.29 is 9.90 Å². The molecule has 2 N–H and O–H groups in total. The Bertz CT molecular complexity index is 961. The van der Waals surface area contributed by atoms with Crippen molar-refractivity contribution in [3.05, 3.63) is 69.8 Å². The molecule has 0 bridgehead atoms. The molecule has 24 heavy (non-hydrogen) atoms. The predicted molar refractivity (Wildman–Crippen MR) is 92.6 cm³/mol. The maximum Gasteiger partial charge on any atom is 0.335 e. The number of aromatic nitrogens is 2. The molecule has 0 atom stereocenters. The number of nitrogens with zero attached hydrogens (tertiary/aromatic N) is 2. The Morgan fingerprint density at radius 2 is 1.92 bits per heavy atom. The summed E-state index contributed by atoms with van der Waals surface area (Å²) in [4.78, 5) is 32.0. The van der Waals surface area contributed by atoms with Crippen LogP contribution in [0.1, 0.15) is 21.7 Å². The molecule has 0 spiro atoms. The molecule has 0 amide bonds. The van der Waals surface area contributed by atoms with Gasteiger partial charge in [0.15, 0.2) is 0 Å². The van der Waals surface area contributed by atoms with E-state index >= 15 is 0 Å². The van der Waals surface area contributed by atoms with E-state index in [9.17, 15) is 9.59 Å². The Labute approximate surface area is 138 Å². The van der Waals surface area contributed by atoms with Crippen molar-refractivity contribution in [3.8, 4) is 0 Å². The quantitative estimate of drug-likeness (QED) is 0.770. The number of fused-ring (bicyclic) bond motifs is 1. The van der Waals surface area contributed by atoms with Gasteiger partial charge in [-0.1, -0.05) is 6.07 Å². The number of benzene rings is 2. The van der Waals surface area contributed by atoms with Crippen molar-refractivity contribution >= 4 is 22.6 Å². The van der Waals surface area contributed by atoms with Crippen LogP contribution in [-0.4, -0.2) is 28.1 Å². The van der Waals surface area contributed by atoms with Gasteiger partial charge in [0.05, 0.1) is 16.5 Å². The van der Waals surface area contributed by atoms with Gasteiger partial charge in [-0.3, -0.25) is 4.79 Å². The van der Waals surface area contributed by atoms with Crippen LogP contribution in [0.2, 0.25) is 0 Å². The number of rotatable bonds is 4. The lowest BCUT2D eigenvalue weighted by atomic mass is 10.1. The maximum absolute atomic E-state index is 12.0. The summed E-state index contributed by atoms with van der Waals surface area (Å²) in [7, 11) is 1.91. The van der Waals surface area contributed by atoms with E-state index in [0.29, 0.717) is 23.3 Å². The van der Waals surface area contributed by atoms with Crippen LogP contribution in [0, 0.1) is 6.92 Å². The molecule has 6 heteroatoms. The normalized spacial score (nSPS) is 10.8. The van der Waals surface area contributed by atoms with E-state index in [1.807, 2.05) is 30.1 Å². The fourth-order valence-electron chi connectivity index (χ4n) is 2.62. The number of aromatic carboxylic acids is 1. The Hall–Kier alpha value is -3.15. The second-order valence-electron chi connectivity index (χ2n) is 5.71. The van der Waals surface area contributed by atoms with Gasteiger partial charge in [-0.2, -0.15) is 0 Å². The molecular weight excluding hydrogens is 306 g/mol. The van der Waals surface area contributed by atoms with Gasteiger partial charge in [0.2, 0.25) is 0 Å². The molecule has 0 aliphatic heterocycles. The van der Waals surface area contributed by atoms with Gasteiger partial charge in [-0.15, -0.1) is 0 Å². The van der Waals surface area contributed by atoms with Crippen LogP contribution in [0.3, 0.4) is 0 Å². The molecule has 0 fully saturated rings. The van der Waals surface area contributed by atoms with Crippen molar-refractivity contribution in [3.63, 3.8) is 0 Å². The van der Waals surface area contributed by atoms with Crippen molar-refractivity contribution in [2.75, 3.05) is 11.9 Å². The minimum absolute atomic E-state index is 0.146. The summed E-state index contributed by atoms with van der Waals surface area (Å²) >= 11 is 0. The van der Waals surface area contributed by atoms with Crippen LogP contribution in [0.5, 0.6) is 0 Å². The van der Waals surface area contributed by atoms with Gasteiger partial charge in [-0.25, -0.2) is 9.78 Å². The van der Waals surface area contributed by atoms with Crippen molar-refractivity contribution in [2.24, 2.45) is 0 Å². The lowest BCUT2D eigenvalue weighted by Gasteiger charge is -2.19. The molecule has 3 aromatic rings. The smallest absolute Gasteiger partial charge is 0.335 e. The first-order chi connectivity index (χ1) is 11.4. The van der Waals surface area contributed by atoms with Crippen LogP contribution in [-0.2, 0) is 6.54 Å². The molecule has 0 aliphatic rings. The number of carboxylic acids is 1. The van der Waals surface area contributed by atoms with Crippen molar-refractivity contribution in [2.45, 2.75) is 13.5 Å². The van der Waals surface area contributed by atoms with Gasteiger partial charge in [0.25, 0.3) is 5.56 Å². The second kappa shape index (κ2) is 6.16. The zero-order valence-corrected chi connectivity index (χ0v) is 13.4. The first-order valence-corrected chi connectivity index (χ1v) is 7.48. The van der Waals surface area contributed by atoms with Crippen LogP contribution < -0.4 is 10.5 Å². The summed E-state index contributed by atoms with van der Waals surface area (Å²) < 4.78 is 0. The lowest BCUT2D eigenvalue weighted by molar-refractivity contribution is 0.0697. The third kappa shape index (κ3) is 3.12. The Balaban J connectivity index is 1.86. The minimum Gasteiger partial charge on any atom is -0.478 e. The van der Waals surface area contributed by atoms with Crippen LogP contribution in [0.25, 0.3) is 10.9 Å². The van der Waals surface area contributed by atoms with Crippen molar-refractivity contribution in [1.29, 1.82) is 0 Å². The Kier molecular flexibility index (Phi) is 4.04. The molecule has 2 aromatic carbocycles. The molecule has 1 heterocycles. The zero-order valence-electron chi connectivity index (χ0n) is 13.4. The van der Waals surface area contributed by atoms with E-state index in [4.69, 9.17) is 5.11 Å². The Morgan fingerprint density at radius 1 is 1.21 bits per heavy atom. The molecule has 6 nitrogen and oxygen atoms in total. The molecule has 1 aromatic heterocycles. The topological polar surface area (TPSA) is 86.3 Å². The number of aromatic amines is 1. The molecule has 0 saturated heterocycles. The van der Waals surface area contributed by atoms with Crippen LogP contribution in [0.4, 0.5) is 5.69 Å². The van der Waals surface area contributed by atoms with Gasteiger partial charge in [0.1, 0.15) is 5.82 Å². The number of aryl methyl sites for hydroxylation is 1. The van der Waals surface area contributed by atoms with Crippen molar-refractivity contribution in [1.82, 2.24) is 9.97 Å². The summed E-state index contributed by atoms with van der Waals surface area (Å²) in [5, 5.41) is 9.51. The SMILES string of the molecule is Cc1nc2ccc(CN(C)c3ccc(C(=O)O)cc3)cc2c(=O)[nH]1. The average molecular weight is 323 g/mol. The van der Waals surface area contributed by atoms with E-state index in [0.717, 1.165) is 11.3 Å². The van der Waals surface area contributed by atoms with Crippen LogP contribution in [0.15, 0.2) is 47.3 Å². The molecule has 0 aliphatic carbocycles. The van der Waals surface area contributed by atoms with E-state index in [1.54, 1.807) is 31.2 Å². The number of H-pyrrole nitrogens is 1. The van der Waals surface area contributed by atoms with Gasteiger partial charge < -0.3 is 15.0 Å². The highest BCUT2D eigenvalue weighted by Crippen LogP contribution is 2.18. The first-order valence-electron chi connectivity index (χ1n) is 7.48. The maximum atomic E-state index is 12.0. The predicted octanol–water partition coefficient (Wildman–Crippen LogP) is 2.57. The van der Waals surface area contributed by atoms with Crippen LogP contribution >= 0.6 is 0 Å². The average Bonchev–Trinajstić information content (AvgIpc) is 2.55. The molecule has 0 unspecified atom stereocenters. The Morgan fingerprint density at radius 3 is 2.58 bits per heavy atom. The summed E-state index contributed by atoms with van der Waals surface area (Å²) in [6, 6.07) is 12.3. The summed E-state index contributed by atoms with van der Waals surface area (Å²) in [6.07, 6.45) is 0. The number of anilines is 1. The third-order valence-electron chi connectivity index (χ3n) is 3.86. The van der Waals surface area contributed by atoms with E-state index in [1.165, 1.54) is 0 Å². The third-order valence-corrected chi connectivity index (χ3v) is 3.86. The largest absolute Gasteiger partial charge is 0.478 e. The number of hydrogen-bond donors (Lipinski definition) is 2. The second-order valence-corrected chi connectivity index (χ2v) is 5.71. The van der Waals surface area contributed by atoms with E-state index in [2.05, 4.69) is 9.97 Å². The number of carbonyl (C=O) groups is 1. The molecule has 0 radical (unpaired) electrons. The van der Waals surface area contributed by atoms with E-state index < -0.39 is 5.97 Å². The highest BCUT2D eigenvalue weighted by Gasteiger charge is 2.08. The monoisotopic (exact) mass is 323 g/mol. The molecule has 122 valence electrons. The summed E-state index contributed by atoms with van der Waals surface area (Å²) in [5.41, 5.74) is 2.66. The molecule has 0 saturated carbocycles. The minimum atomic E-state index is -0.944. The fraction of sp³-hybridized carbons (Fsp3) is 0.167. The fourth-order valence-corrected chi connectivity index (χ4v) is 2.62. The highest BCUT2D eigenvalue weighted by molar-refractivity contribution is 5.88. The molecular formula is C18H17N3O3. The highest BCUT2D eigenvalue weighted by atomic mass is 16.4. The molecule has 3 rings (SSSR count). The first kappa shape index (κ1) is 15.7. The van der Waals surface area contributed by atoms with Gasteiger partial charge in [-0.05, 0) is 48.9 Å².